The Morgan fingerprint density at radius 1 is 1.04 bits per heavy atom. The predicted octanol–water partition coefficient (Wildman–Crippen LogP) is 5.56. The molecule has 0 fully saturated rings. The molecule has 0 saturated carbocycles. The van der Waals surface area contributed by atoms with Crippen molar-refractivity contribution in [3.63, 3.8) is 0 Å². The first-order valence-corrected chi connectivity index (χ1v) is 8.41. The molecule has 126 valence electrons. The van der Waals surface area contributed by atoms with E-state index in [4.69, 9.17) is 9.52 Å². The number of hydrogen-bond donors (Lipinski definition) is 1. The molecule has 0 radical (unpaired) electrons. The number of aromatic hydroxyl groups is 1. The van der Waals surface area contributed by atoms with Crippen molar-refractivity contribution in [2.75, 3.05) is 0 Å². The topological polar surface area (TPSA) is 51.2 Å². The van der Waals surface area contributed by atoms with E-state index in [1.807, 2.05) is 31.2 Å². The number of hydrogen-bond acceptors (Lipinski definition) is 3. The zero-order valence-electron chi connectivity index (χ0n) is 14.5. The van der Waals surface area contributed by atoms with Crippen LogP contribution in [-0.4, -0.2) is 14.9 Å². The Hall–Kier alpha value is -3.01. The largest absolute Gasteiger partial charge is 0.508 e. The third-order valence-corrected chi connectivity index (χ3v) is 4.47. The Labute approximate surface area is 146 Å². The van der Waals surface area contributed by atoms with Crippen molar-refractivity contribution in [3.05, 3.63) is 60.4 Å². The summed E-state index contributed by atoms with van der Waals surface area (Å²) >= 11 is 0. The van der Waals surface area contributed by atoms with E-state index in [9.17, 15) is 5.11 Å². The zero-order valence-corrected chi connectivity index (χ0v) is 14.5. The number of aromatic nitrogens is 2. The molecule has 0 bridgehead atoms. The van der Waals surface area contributed by atoms with E-state index in [1.165, 1.54) is 0 Å². The number of phenols is 1. The molecule has 4 aromatic rings. The van der Waals surface area contributed by atoms with Crippen molar-refractivity contribution in [1.82, 2.24) is 9.78 Å². The van der Waals surface area contributed by atoms with Crippen LogP contribution in [0.4, 0.5) is 0 Å². The van der Waals surface area contributed by atoms with Crippen LogP contribution in [0.5, 0.6) is 5.75 Å². The number of phenolic OH excluding ortho intramolecular Hbond substituents is 1. The molecule has 0 aliphatic heterocycles. The van der Waals surface area contributed by atoms with Crippen LogP contribution >= 0.6 is 0 Å². The second kappa shape index (κ2) is 5.81. The molecule has 2 aromatic carbocycles. The highest BCUT2D eigenvalue weighted by molar-refractivity contribution is 6.01. The molecule has 2 aromatic heterocycles. The first kappa shape index (κ1) is 15.5. The second-order valence-corrected chi connectivity index (χ2v) is 6.57. The van der Waals surface area contributed by atoms with E-state index < -0.39 is 0 Å². The van der Waals surface area contributed by atoms with Crippen LogP contribution in [0.15, 0.2) is 59.2 Å². The lowest BCUT2D eigenvalue weighted by atomic mass is 10.0. The Morgan fingerprint density at radius 3 is 2.56 bits per heavy atom. The van der Waals surface area contributed by atoms with Gasteiger partial charge in [-0.3, -0.25) is 4.68 Å². The van der Waals surface area contributed by atoms with Crippen LogP contribution in [0.25, 0.3) is 33.5 Å². The molecule has 2 heterocycles. The third kappa shape index (κ3) is 2.50. The highest BCUT2D eigenvalue weighted by Gasteiger charge is 2.19. The van der Waals surface area contributed by atoms with Crippen molar-refractivity contribution in [2.45, 2.75) is 26.8 Å². The van der Waals surface area contributed by atoms with Gasteiger partial charge in [-0.2, -0.15) is 5.10 Å². The van der Waals surface area contributed by atoms with Gasteiger partial charge in [0, 0.05) is 22.6 Å². The second-order valence-electron chi connectivity index (χ2n) is 6.57. The quantitative estimate of drug-likeness (QED) is 0.534. The number of aryl methyl sites for hydroxylation is 1. The number of rotatable bonds is 3. The van der Waals surface area contributed by atoms with E-state index in [1.54, 1.807) is 18.4 Å². The number of benzene rings is 2. The summed E-state index contributed by atoms with van der Waals surface area (Å²) in [5.74, 6) is 1.10. The number of nitrogens with zero attached hydrogens (tertiary/aromatic N) is 2. The van der Waals surface area contributed by atoms with Gasteiger partial charge in [0.1, 0.15) is 17.2 Å². The molecule has 4 rings (SSSR count). The van der Waals surface area contributed by atoms with Crippen molar-refractivity contribution < 1.29 is 9.52 Å². The minimum atomic E-state index is 0.213. The molecule has 0 atom stereocenters. The smallest absolute Gasteiger partial charge is 0.136 e. The predicted molar refractivity (Wildman–Crippen MR) is 99.7 cm³/mol. The highest BCUT2D eigenvalue weighted by Crippen LogP contribution is 2.37. The number of fused-ring (bicyclic) bond motifs is 1. The third-order valence-electron chi connectivity index (χ3n) is 4.47. The van der Waals surface area contributed by atoms with Gasteiger partial charge in [0.2, 0.25) is 0 Å². The first-order chi connectivity index (χ1) is 12.1. The normalized spacial score (nSPS) is 11.5. The van der Waals surface area contributed by atoms with Crippen molar-refractivity contribution in [2.24, 2.45) is 0 Å². The van der Waals surface area contributed by atoms with Crippen molar-refractivity contribution in [1.29, 1.82) is 0 Å². The van der Waals surface area contributed by atoms with Crippen LogP contribution in [0.1, 0.15) is 25.5 Å². The van der Waals surface area contributed by atoms with Crippen LogP contribution < -0.4 is 0 Å². The summed E-state index contributed by atoms with van der Waals surface area (Å²) < 4.78 is 7.69. The van der Waals surface area contributed by atoms with Crippen LogP contribution in [0.3, 0.4) is 0 Å². The standard InChI is InChI=1S/C21H20N2O2/c1-13(2)23-21-17(19-8-5-11-25-19)6-4-7-18(21)20(22-23)16-10-9-15(24)12-14(16)3/h4-13,24H,1-3H3. The van der Waals surface area contributed by atoms with Gasteiger partial charge < -0.3 is 9.52 Å². The van der Waals surface area contributed by atoms with E-state index in [-0.39, 0.29) is 11.8 Å². The molecule has 4 nitrogen and oxygen atoms in total. The SMILES string of the molecule is Cc1cc(O)ccc1-c1nn(C(C)C)c2c(-c3ccco3)cccc12. The zero-order chi connectivity index (χ0) is 17.6. The molecule has 0 unspecified atom stereocenters. The summed E-state index contributed by atoms with van der Waals surface area (Å²) in [6, 6.07) is 15.7. The summed E-state index contributed by atoms with van der Waals surface area (Å²) in [6.07, 6.45) is 1.69. The highest BCUT2D eigenvalue weighted by atomic mass is 16.3. The fraction of sp³-hybridized carbons (Fsp3) is 0.190. The van der Waals surface area contributed by atoms with Gasteiger partial charge >= 0.3 is 0 Å². The average molecular weight is 332 g/mol. The molecule has 0 saturated heterocycles. The fourth-order valence-corrected chi connectivity index (χ4v) is 3.31. The molecular formula is C21H20N2O2. The monoisotopic (exact) mass is 332 g/mol. The number of furan rings is 1. The van der Waals surface area contributed by atoms with Gasteiger partial charge in [-0.1, -0.05) is 12.1 Å². The minimum Gasteiger partial charge on any atom is -0.508 e. The van der Waals surface area contributed by atoms with E-state index >= 15 is 0 Å². The lowest BCUT2D eigenvalue weighted by Crippen LogP contribution is -2.03. The maximum absolute atomic E-state index is 9.72. The maximum Gasteiger partial charge on any atom is 0.136 e. The Morgan fingerprint density at radius 2 is 1.88 bits per heavy atom. The number of para-hydroxylation sites is 1. The van der Waals surface area contributed by atoms with Gasteiger partial charge in [0.05, 0.1) is 11.8 Å². The Balaban J connectivity index is 2.06. The Bertz CT molecular complexity index is 1040. The molecular weight excluding hydrogens is 312 g/mol. The van der Waals surface area contributed by atoms with E-state index in [0.29, 0.717) is 0 Å². The fourth-order valence-electron chi connectivity index (χ4n) is 3.31. The lowest BCUT2D eigenvalue weighted by molar-refractivity contribution is 0.475. The molecule has 0 spiro atoms. The minimum absolute atomic E-state index is 0.213. The van der Waals surface area contributed by atoms with Gasteiger partial charge in [-0.25, -0.2) is 0 Å². The molecule has 0 aliphatic rings. The summed E-state index contributed by atoms with van der Waals surface area (Å²) in [5, 5.41) is 15.7. The summed E-state index contributed by atoms with van der Waals surface area (Å²) in [7, 11) is 0. The summed E-state index contributed by atoms with van der Waals surface area (Å²) in [5.41, 5.74) is 5.05. The molecule has 0 amide bonds. The van der Waals surface area contributed by atoms with Gasteiger partial charge in [0.25, 0.3) is 0 Å². The molecule has 4 heteroatoms. The van der Waals surface area contributed by atoms with E-state index in [2.05, 4.69) is 30.7 Å². The van der Waals surface area contributed by atoms with Crippen LogP contribution in [0.2, 0.25) is 0 Å². The van der Waals surface area contributed by atoms with Crippen LogP contribution in [-0.2, 0) is 0 Å². The van der Waals surface area contributed by atoms with Gasteiger partial charge in [-0.15, -0.1) is 0 Å². The van der Waals surface area contributed by atoms with Gasteiger partial charge in [0.15, 0.2) is 0 Å². The van der Waals surface area contributed by atoms with Crippen LogP contribution in [0, 0.1) is 6.92 Å². The van der Waals surface area contributed by atoms with Gasteiger partial charge in [-0.05, 0) is 62.7 Å². The average Bonchev–Trinajstić information content (AvgIpc) is 3.22. The van der Waals surface area contributed by atoms with Crippen molar-refractivity contribution in [3.8, 4) is 28.3 Å². The summed E-state index contributed by atoms with van der Waals surface area (Å²) in [6.45, 7) is 6.24. The van der Waals surface area contributed by atoms with E-state index in [0.717, 1.165) is 39.0 Å². The molecule has 1 N–H and O–H groups in total. The lowest BCUT2D eigenvalue weighted by Gasteiger charge is -2.09. The van der Waals surface area contributed by atoms with Crippen molar-refractivity contribution >= 4 is 10.9 Å². The maximum atomic E-state index is 9.72. The Kier molecular flexibility index (Phi) is 3.61. The first-order valence-electron chi connectivity index (χ1n) is 8.41. The molecule has 0 aliphatic carbocycles. The summed E-state index contributed by atoms with van der Waals surface area (Å²) in [4.78, 5) is 0. The molecule has 25 heavy (non-hydrogen) atoms.